The molecule has 0 aromatic heterocycles. The number of benzene rings is 1. The van der Waals surface area contributed by atoms with Crippen LogP contribution in [0.5, 0.6) is 0 Å². The number of para-hydroxylation sites is 1. The average molecular weight is 302 g/mol. The maximum absolute atomic E-state index is 12.8. The molecule has 0 saturated heterocycles. The molecule has 0 spiro atoms. The number of likely N-dealkylation sites (N-methyl/N-ethyl adjacent to an activating group) is 1. The fourth-order valence-corrected chi connectivity index (χ4v) is 2.24. The van der Waals surface area contributed by atoms with Gasteiger partial charge in [-0.15, -0.1) is 0 Å². The molecule has 6 nitrogen and oxygen atoms in total. The summed E-state index contributed by atoms with van der Waals surface area (Å²) in [5.41, 5.74) is 1.28. The zero-order valence-electron chi connectivity index (χ0n) is 13.3. The number of hydrogen-bond acceptors (Lipinski definition) is 4. The van der Waals surface area contributed by atoms with Gasteiger partial charge >= 0.3 is 0 Å². The number of nitrogens with zero attached hydrogens (tertiary/aromatic N) is 4. The van der Waals surface area contributed by atoms with Gasteiger partial charge in [-0.25, -0.2) is 5.01 Å². The number of hydrazone groups is 1. The second-order valence-electron chi connectivity index (χ2n) is 5.56. The summed E-state index contributed by atoms with van der Waals surface area (Å²) >= 11 is 0. The van der Waals surface area contributed by atoms with E-state index < -0.39 is 0 Å². The van der Waals surface area contributed by atoms with Crippen LogP contribution in [0.15, 0.2) is 35.4 Å². The van der Waals surface area contributed by atoms with E-state index in [2.05, 4.69) is 5.10 Å². The number of anilines is 1. The average Bonchev–Trinajstić information content (AvgIpc) is 2.51. The lowest BCUT2D eigenvalue weighted by Gasteiger charge is -2.27. The summed E-state index contributed by atoms with van der Waals surface area (Å²) in [6.45, 7) is 1.33. The third-order valence-electron chi connectivity index (χ3n) is 3.54. The van der Waals surface area contributed by atoms with Crippen molar-refractivity contribution in [3.63, 3.8) is 0 Å². The summed E-state index contributed by atoms with van der Waals surface area (Å²) in [5, 5.41) is 5.39. The third-order valence-corrected chi connectivity index (χ3v) is 3.54. The van der Waals surface area contributed by atoms with Crippen LogP contribution >= 0.6 is 0 Å². The molecule has 1 aliphatic rings. The topological polar surface area (TPSA) is 56.2 Å². The van der Waals surface area contributed by atoms with Gasteiger partial charge in [0.15, 0.2) is 0 Å². The van der Waals surface area contributed by atoms with Crippen LogP contribution < -0.4 is 4.90 Å². The van der Waals surface area contributed by atoms with Crippen LogP contribution in [0, 0.1) is 0 Å². The van der Waals surface area contributed by atoms with Crippen molar-refractivity contribution in [3.8, 4) is 0 Å². The molecule has 0 radical (unpaired) electrons. The number of carbonyl (C=O) groups excluding carboxylic acids is 2. The van der Waals surface area contributed by atoms with E-state index in [1.54, 1.807) is 11.9 Å². The van der Waals surface area contributed by atoms with Gasteiger partial charge in [-0.2, -0.15) is 5.10 Å². The summed E-state index contributed by atoms with van der Waals surface area (Å²) in [6, 6.07) is 9.55. The van der Waals surface area contributed by atoms with Crippen molar-refractivity contribution in [2.75, 3.05) is 39.1 Å². The van der Waals surface area contributed by atoms with Gasteiger partial charge in [0, 0.05) is 38.7 Å². The van der Waals surface area contributed by atoms with Crippen LogP contribution in [-0.2, 0) is 9.59 Å². The lowest BCUT2D eigenvalue weighted by atomic mass is 10.1. The number of hydrogen-bond donors (Lipinski definition) is 0. The molecule has 0 fully saturated rings. The minimum absolute atomic E-state index is 0.0592. The maximum atomic E-state index is 12.8. The zero-order valence-corrected chi connectivity index (χ0v) is 13.3. The van der Waals surface area contributed by atoms with Crippen molar-refractivity contribution in [1.82, 2.24) is 9.91 Å². The molecule has 1 aromatic carbocycles. The fraction of sp³-hybridized carbons (Fsp3) is 0.438. The second-order valence-corrected chi connectivity index (χ2v) is 5.56. The van der Waals surface area contributed by atoms with E-state index in [4.69, 9.17) is 0 Å². The summed E-state index contributed by atoms with van der Waals surface area (Å²) in [6.07, 6.45) is 0.727. The lowest BCUT2D eigenvalue weighted by molar-refractivity contribution is -0.130. The molecule has 22 heavy (non-hydrogen) atoms. The first kappa shape index (κ1) is 16.2. The van der Waals surface area contributed by atoms with Gasteiger partial charge in [-0.1, -0.05) is 18.2 Å². The van der Waals surface area contributed by atoms with Crippen LogP contribution in [-0.4, -0.2) is 61.7 Å². The predicted octanol–water partition coefficient (Wildman–Crippen LogP) is 1.19. The van der Waals surface area contributed by atoms with Crippen LogP contribution in [0.2, 0.25) is 0 Å². The Morgan fingerprint density at radius 2 is 1.86 bits per heavy atom. The quantitative estimate of drug-likeness (QED) is 0.821. The number of rotatable bonds is 5. The monoisotopic (exact) mass is 302 g/mol. The molecule has 6 heteroatoms. The first-order valence-electron chi connectivity index (χ1n) is 7.34. The van der Waals surface area contributed by atoms with E-state index in [0.29, 0.717) is 25.1 Å². The molecule has 2 amide bonds. The summed E-state index contributed by atoms with van der Waals surface area (Å²) < 4.78 is 0. The molecule has 0 bridgehead atoms. The van der Waals surface area contributed by atoms with Crippen LogP contribution in [0.25, 0.3) is 0 Å². The molecule has 0 unspecified atom stereocenters. The Morgan fingerprint density at radius 3 is 2.45 bits per heavy atom. The Labute approximate surface area is 131 Å². The Bertz CT molecular complexity index is 569. The van der Waals surface area contributed by atoms with Crippen molar-refractivity contribution in [2.45, 2.75) is 12.8 Å². The van der Waals surface area contributed by atoms with Crippen molar-refractivity contribution in [2.24, 2.45) is 5.10 Å². The van der Waals surface area contributed by atoms with Crippen molar-refractivity contribution < 1.29 is 9.59 Å². The summed E-state index contributed by atoms with van der Waals surface area (Å²) in [4.78, 5) is 28.1. The fourth-order valence-electron chi connectivity index (χ4n) is 2.24. The summed E-state index contributed by atoms with van der Waals surface area (Å²) in [5.74, 6) is -0.191. The number of carbonyl (C=O) groups is 2. The van der Waals surface area contributed by atoms with Crippen LogP contribution in [0.3, 0.4) is 0 Å². The Morgan fingerprint density at radius 1 is 1.18 bits per heavy atom. The summed E-state index contributed by atoms with van der Waals surface area (Å²) in [7, 11) is 5.53. The molecule has 0 aliphatic carbocycles. The van der Waals surface area contributed by atoms with Gasteiger partial charge < -0.3 is 9.80 Å². The Kier molecular flexibility index (Phi) is 5.27. The molecular formula is C16H22N4O2. The highest BCUT2D eigenvalue weighted by Gasteiger charge is 2.26. The normalized spacial score (nSPS) is 15.0. The highest BCUT2D eigenvalue weighted by Crippen LogP contribution is 2.16. The molecule has 0 atom stereocenters. The van der Waals surface area contributed by atoms with Gasteiger partial charge in [0.05, 0.1) is 0 Å². The van der Waals surface area contributed by atoms with Gasteiger partial charge in [0.25, 0.3) is 5.91 Å². The molecule has 1 aromatic rings. The molecule has 118 valence electrons. The molecule has 1 heterocycles. The van der Waals surface area contributed by atoms with E-state index in [0.717, 1.165) is 12.2 Å². The SMILES string of the molecule is CN(C)CCN(C(=O)C1=NN(C)C(=O)CC1)c1ccccc1. The zero-order chi connectivity index (χ0) is 16.1. The maximum Gasteiger partial charge on any atom is 0.274 e. The molecule has 0 saturated carbocycles. The van der Waals surface area contributed by atoms with Crippen molar-refractivity contribution >= 4 is 23.2 Å². The standard InChI is InChI=1S/C16H22N4O2/c1-18(2)11-12-20(13-7-5-4-6-8-13)16(22)14-9-10-15(21)19(3)17-14/h4-8H,9-12H2,1-3H3. The third kappa shape index (κ3) is 3.92. The smallest absolute Gasteiger partial charge is 0.274 e. The second kappa shape index (κ2) is 7.17. The van der Waals surface area contributed by atoms with E-state index in [9.17, 15) is 9.59 Å². The van der Waals surface area contributed by atoms with Crippen LogP contribution in [0.1, 0.15) is 12.8 Å². The van der Waals surface area contributed by atoms with Gasteiger partial charge in [-0.3, -0.25) is 9.59 Å². The van der Waals surface area contributed by atoms with Gasteiger partial charge in [0.2, 0.25) is 5.91 Å². The minimum Gasteiger partial charge on any atom is -0.308 e. The Hall–Kier alpha value is -2.21. The van der Waals surface area contributed by atoms with E-state index >= 15 is 0 Å². The van der Waals surface area contributed by atoms with Gasteiger partial charge in [-0.05, 0) is 26.2 Å². The Balaban J connectivity index is 2.23. The van der Waals surface area contributed by atoms with E-state index in [-0.39, 0.29) is 11.8 Å². The first-order chi connectivity index (χ1) is 10.5. The number of amides is 2. The first-order valence-corrected chi connectivity index (χ1v) is 7.34. The van der Waals surface area contributed by atoms with Crippen molar-refractivity contribution in [1.29, 1.82) is 0 Å². The van der Waals surface area contributed by atoms with Crippen molar-refractivity contribution in [3.05, 3.63) is 30.3 Å². The molecule has 0 N–H and O–H groups in total. The highest BCUT2D eigenvalue weighted by molar-refractivity contribution is 6.44. The van der Waals surface area contributed by atoms with Crippen LogP contribution in [0.4, 0.5) is 5.69 Å². The van der Waals surface area contributed by atoms with Gasteiger partial charge in [0.1, 0.15) is 5.71 Å². The molecular weight excluding hydrogens is 280 g/mol. The molecule has 1 aliphatic heterocycles. The minimum atomic E-state index is -0.132. The van der Waals surface area contributed by atoms with E-state index in [1.165, 1.54) is 5.01 Å². The molecule has 2 rings (SSSR count). The highest BCUT2D eigenvalue weighted by atomic mass is 16.2. The predicted molar refractivity (Wildman–Crippen MR) is 86.8 cm³/mol. The van der Waals surface area contributed by atoms with E-state index in [1.807, 2.05) is 49.3 Å². The largest absolute Gasteiger partial charge is 0.308 e. The lowest BCUT2D eigenvalue weighted by Crippen LogP contribution is -2.43.